The van der Waals surface area contributed by atoms with Crippen molar-refractivity contribution in [1.29, 1.82) is 0 Å². The number of anilines is 2. The van der Waals surface area contributed by atoms with Crippen LogP contribution in [0.15, 0.2) is 27.8 Å². The van der Waals surface area contributed by atoms with Crippen molar-refractivity contribution in [2.24, 2.45) is 0 Å². The smallest absolute Gasteiger partial charge is 0.335 e. The normalized spacial score (nSPS) is 19.3. The number of nitrogens with zero attached hydrogens (tertiary/aromatic N) is 2. The maximum atomic E-state index is 14.8. The van der Waals surface area contributed by atoms with E-state index in [-0.39, 0.29) is 18.4 Å². The summed E-state index contributed by atoms with van der Waals surface area (Å²) < 4.78 is 20.5. The van der Waals surface area contributed by atoms with E-state index in [1.807, 2.05) is 0 Å². The van der Waals surface area contributed by atoms with Crippen LogP contribution >= 0.6 is 15.9 Å². The van der Waals surface area contributed by atoms with Crippen LogP contribution in [-0.2, 0) is 24.0 Å². The van der Waals surface area contributed by atoms with Crippen molar-refractivity contribution >= 4 is 45.1 Å². The third kappa shape index (κ3) is 4.39. The molecule has 1 heterocycles. The lowest BCUT2D eigenvalue weighted by molar-refractivity contribution is -0.154. The van der Waals surface area contributed by atoms with Gasteiger partial charge in [0.1, 0.15) is 11.9 Å². The van der Waals surface area contributed by atoms with Crippen molar-refractivity contribution in [1.82, 2.24) is 0 Å². The lowest BCUT2D eigenvalue weighted by Crippen LogP contribution is -2.33. The molecule has 31 heavy (non-hydrogen) atoms. The van der Waals surface area contributed by atoms with Gasteiger partial charge in [-0.25, -0.2) is 14.1 Å². The number of halogens is 2. The van der Waals surface area contributed by atoms with E-state index < -0.39 is 23.6 Å². The highest BCUT2D eigenvalue weighted by Crippen LogP contribution is 2.39. The van der Waals surface area contributed by atoms with E-state index in [9.17, 15) is 18.8 Å². The summed E-state index contributed by atoms with van der Waals surface area (Å²) >= 11 is 3.28. The van der Waals surface area contributed by atoms with Gasteiger partial charge in [0.15, 0.2) is 6.61 Å². The maximum Gasteiger partial charge on any atom is 0.335 e. The molecule has 166 valence electrons. The summed E-state index contributed by atoms with van der Waals surface area (Å²) in [6.07, 6.45) is 6.53. The van der Waals surface area contributed by atoms with E-state index >= 15 is 0 Å². The minimum Gasteiger partial charge on any atom is -0.461 e. The molecule has 1 aliphatic heterocycles. The van der Waals surface area contributed by atoms with Gasteiger partial charge < -0.3 is 4.74 Å². The average molecular weight is 495 g/mol. The first-order valence-electron chi connectivity index (χ1n) is 10.5. The molecule has 1 aromatic carbocycles. The maximum absolute atomic E-state index is 14.8. The van der Waals surface area contributed by atoms with Gasteiger partial charge in [0.05, 0.1) is 11.4 Å². The lowest BCUT2D eigenvalue weighted by Gasteiger charge is -2.23. The second-order valence-electron chi connectivity index (χ2n) is 8.03. The Morgan fingerprint density at radius 1 is 1.13 bits per heavy atom. The molecule has 2 aliphatic carbocycles. The number of carbonyl (C=O) groups is 3. The number of rotatable bonds is 6. The molecule has 3 aliphatic rings. The van der Waals surface area contributed by atoms with Crippen molar-refractivity contribution in [3.05, 3.63) is 33.6 Å². The minimum absolute atomic E-state index is 0.0590. The van der Waals surface area contributed by atoms with E-state index in [0.29, 0.717) is 34.1 Å². The first-order valence-corrected chi connectivity index (χ1v) is 11.3. The van der Waals surface area contributed by atoms with Crippen LogP contribution in [0.5, 0.6) is 0 Å². The number of hydrogen-bond donors (Lipinski definition) is 0. The zero-order valence-electron chi connectivity index (χ0n) is 17.3. The molecule has 7 nitrogen and oxygen atoms in total. The Balaban J connectivity index is 1.49. The quantitative estimate of drug-likeness (QED) is 0.335. The molecule has 0 radical (unpaired) electrons. The predicted molar refractivity (Wildman–Crippen MR) is 115 cm³/mol. The van der Waals surface area contributed by atoms with Crippen LogP contribution in [0.4, 0.5) is 15.8 Å². The van der Waals surface area contributed by atoms with Crippen LogP contribution in [-0.4, -0.2) is 37.5 Å². The molecule has 0 aromatic heterocycles. The van der Waals surface area contributed by atoms with Gasteiger partial charge in [0.25, 0.3) is 11.8 Å². The van der Waals surface area contributed by atoms with Crippen LogP contribution in [0.2, 0.25) is 0 Å². The largest absolute Gasteiger partial charge is 0.461 e. The molecule has 0 bridgehead atoms. The molecule has 1 aromatic rings. The number of esters is 1. The molecule has 2 amide bonds. The van der Waals surface area contributed by atoms with Gasteiger partial charge in [0.2, 0.25) is 0 Å². The predicted octanol–water partition coefficient (Wildman–Crippen LogP) is 4.19. The molecule has 4 rings (SSSR count). The second kappa shape index (κ2) is 9.08. The fourth-order valence-electron chi connectivity index (χ4n) is 4.34. The molecule has 0 unspecified atom stereocenters. The van der Waals surface area contributed by atoms with Gasteiger partial charge in [-0.3, -0.25) is 19.5 Å². The molecule has 0 atom stereocenters. The fourth-order valence-corrected chi connectivity index (χ4v) is 4.91. The fraction of sp³-hybridized carbons (Fsp3) is 0.500. The highest BCUT2D eigenvalue weighted by molar-refractivity contribution is 9.10. The van der Waals surface area contributed by atoms with Gasteiger partial charge in [0, 0.05) is 22.7 Å². The van der Waals surface area contributed by atoms with Crippen LogP contribution in [0.3, 0.4) is 0 Å². The molecular weight excluding hydrogens is 471 g/mol. The average Bonchev–Trinajstić information content (AvgIpc) is 3.34. The zero-order chi connectivity index (χ0) is 22.1. The topological polar surface area (TPSA) is 76.2 Å². The highest BCUT2D eigenvalue weighted by atomic mass is 79.9. The molecule has 0 N–H and O–H groups in total. The summed E-state index contributed by atoms with van der Waals surface area (Å²) in [5.74, 6) is -2.10. The van der Waals surface area contributed by atoms with Crippen LogP contribution < -0.4 is 9.96 Å². The van der Waals surface area contributed by atoms with Crippen LogP contribution in [0.25, 0.3) is 0 Å². The number of carbonyl (C=O) groups excluding carboxylic acids is 3. The number of ether oxygens (including phenoxy) is 1. The Labute approximate surface area is 188 Å². The van der Waals surface area contributed by atoms with E-state index in [0.717, 1.165) is 43.4 Å². The molecule has 0 spiro atoms. The third-order valence-electron chi connectivity index (χ3n) is 5.96. The van der Waals surface area contributed by atoms with Gasteiger partial charge in [-0.15, -0.1) is 0 Å². The lowest BCUT2D eigenvalue weighted by atomic mass is 9.93. The van der Waals surface area contributed by atoms with Crippen molar-refractivity contribution in [3.63, 3.8) is 0 Å². The first-order chi connectivity index (χ1) is 14.9. The van der Waals surface area contributed by atoms with E-state index in [1.54, 1.807) is 7.05 Å². The molecular formula is C22H24BrFN2O5. The number of imide groups is 1. The van der Waals surface area contributed by atoms with Crippen molar-refractivity contribution in [3.8, 4) is 0 Å². The molecule has 9 heteroatoms. The van der Waals surface area contributed by atoms with E-state index in [4.69, 9.17) is 9.57 Å². The highest BCUT2D eigenvalue weighted by Gasteiger charge is 2.41. The summed E-state index contributed by atoms with van der Waals surface area (Å²) in [5, 5.41) is 1.29. The molecule has 1 saturated carbocycles. The van der Waals surface area contributed by atoms with Crippen LogP contribution in [0.1, 0.15) is 51.4 Å². The monoisotopic (exact) mass is 494 g/mol. The second-order valence-corrected chi connectivity index (χ2v) is 8.89. The summed E-state index contributed by atoms with van der Waals surface area (Å²) in [4.78, 5) is 44.1. The van der Waals surface area contributed by atoms with Crippen LogP contribution in [0, 0.1) is 5.82 Å². The number of hydrogen-bond acceptors (Lipinski definition) is 6. The van der Waals surface area contributed by atoms with Gasteiger partial charge >= 0.3 is 5.97 Å². The Kier molecular flexibility index (Phi) is 6.43. The first kappa shape index (κ1) is 22.0. The minimum atomic E-state index is -0.703. The number of benzene rings is 1. The third-order valence-corrected chi connectivity index (χ3v) is 6.60. The summed E-state index contributed by atoms with van der Waals surface area (Å²) in [5.41, 5.74) is 1.21. The summed E-state index contributed by atoms with van der Waals surface area (Å²) in [7, 11) is 1.56. The van der Waals surface area contributed by atoms with Crippen molar-refractivity contribution in [2.45, 2.75) is 57.5 Å². The molecule has 1 fully saturated rings. The summed E-state index contributed by atoms with van der Waals surface area (Å²) in [6.45, 7) is -0.302. The standard InChI is InChI=1S/C22H24BrFN2O5/c1-25(30-12-20(27)31-13-6-2-3-7-13)18-11-19(17(24)10-16(18)23)26-21(28)14-8-4-5-9-15(14)22(26)29/h10-11,13H,2-9,12H2,1H3. The van der Waals surface area contributed by atoms with Crippen molar-refractivity contribution < 1.29 is 28.3 Å². The Morgan fingerprint density at radius 2 is 1.74 bits per heavy atom. The van der Waals surface area contributed by atoms with Gasteiger partial charge in [-0.1, -0.05) is 0 Å². The van der Waals surface area contributed by atoms with Gasteiger partial charge in [-0.2, -0.15) is 0 Å². The summed E-state index contributed by atoms with van der Waals surface area (Å²) in [6, 6.07) is 2.55. The Hall–Kier alpha value is -2.26. The zero-order valence-corrected chi connectivity index (χ0v) is 18.9. The molecule has 0 saturated heterocycles. The number of hydroxylamine groups is 1. The Morgan fingerprint density at radius 3 is 2.35 bits per heavy atom. The van der Waals surface area contributed by atoms with E-state index in [1.165, 1.54) is 17.2 Å². The number of amides is 2. The van der Waals surface area contributed by atoms with E-state index in [2.05, 4.69) is 15.9 Å². The SMILES string of the molecule is CN(OCC(=O)OC1CCCC1)c1cc(N2C(=O)C3=C(CCCC3)C2=O)c(F)cc1Br. The Bertz CT molecular complexity index is 929. The van der Waals surface area contributed by atoms with Gasteiger partial charge in [-0.05, 0) is 79.4 Å². The van der Waals surface area contributed by atoms with Crippen molar-refractivity contribution in [2.75, 3.05) is 23.6 Å².